The molecule has 2 aromatic carbocycles. The minimum Gasteiger partial charge on any atom is -0.497 e. The molecule has 0 N–H and O–H groups in total. The van der Waals surface area contributed by atoms with Crippen LogP contribution in [0.4, 0.5) is 0 Å². The zero-order chi connectivity index (χ0) is 13.2. The van der Waals surface area contributed by atoms with Gasteiger partial charge >= 0.3 is 0 Å². The molecule has 2 aromatic rings. The van der Waals surface area contributed by atoms with E-state index in [1.165, 1.54) is 5.56 Å². The van der Waals surface area contributed by atoms with Crippen LogP contribution in [-0.4, -0.2) is 7.11 Å². The second-order valence-electron chi connectivity index (χ2n) is 4.48. The Morgan fingerprint density at radius 3 is 2.42 bits per heavy atom. The molecule has 3 nitrogen and oxygen atoms in total. The van der Waals surface area contributed by atoms with E-state index >= 15 is 0 Å². The number of methoxy groups -OCH3 is 1. The molecule has 1 unspecified atom stereocenters. The molecule has 3 heteroatoms. The average Bonchev–Trinajstić information content (AvgIpc) is 2.90. The van der Waals surface area contributed by atoms with Gasteiger partial charge in [0, 0.05) is 5.56 Å². The second-order valence-corrected chi connectivity index (χ2v) is 4.48. The van der Waals surface area contributed by atoms with Gasteiger partial charge in [0.05, 0.1) is 7.11 Å². The molecule has 0 radical (unpaired) electrons. The van der Waals surface area contributed by atoms with Gasteiger partial charge in [-0.25, -0.2) is 0 Å². The van der Waals surface area contributed by atoms with Gasteiger partial charge in [-0.3, -0.25) is 0 Å². The fourth-order valence-corrected chi connectivity index (χ4v) is 2.11. The summed E-state index contributed by atoms with van der Waals surface area (Å²) in [5.41, 5.74) is 2.23. The predicted molar refractivity (Wildman–Crippen MR) is 72.8 cm³/mol. The van der Waals surface area contributed by atoms with Crippen molar-refractivity contribution in [3.05, 3.63) is 53.6 Å². The maximum Gasteiger partial charge on any atom is 0.267 e. The van der Waals surface area contributed by atoms with E-state index in [9.17, 15) is 0 Å². The number of hydrogen-bond donors (Lipinski definition) is 0. The summed E-state index contributed by atoms with van der Waals surface area (Å²) >= 11 is 0. The van der Waals surface area contributed by atoms with E-state index in [4.69, 9.17) is 14.2 Å². The Bertz CT molecular complexity index is 575. The van der Waals surface area contributed by atoms with Gasteiger partial charge < -0.3 is 14.2 Å². The zero-order valence-electron chi connectivity index (χ0n) is 11.1. The lowest BCUT2D eigenvalue weighted by Crippen LogP contribution is -2.07. The van der Waals surface area contributed by atoms with E-state index in [-0.39, 0.29) is 6.29 Å². The summed E-state index contributed by atoms with van der Waals surface area (Å²) in [5.74, 6) is 2.45. The normalized spacial score (nSPS) is 16.4. The summed E-state index contributed by atoms with van der Waals surface area (Å²) in [7, 11) is 1.65. The number of ether oxygens (including phenoxy) is 3. The fourth-order valence-electron chi connectivity index (χ4n) is 2.11. The molecule has 1 aliphatic rings. The molecule has 0 bridgehead atoms. The van der Waals surface area contributed by atoms with Crippen LogP contribution in [0.25, 0.3) is 0 Å². The zero-order valence-corrected chi connectivity index (χ0v) is 11.1. The van der Waals surface area contributed by atoms with Crippen molar-refractivity contribution in [3.63, 3.8) is 0 Å². The molecule has 98 valence electrons. The molecule has 3 rings (SSSR count). The predicted octanol–water partition coefficient (Wildman–Crippen LogP) is 3.73. The smallest absolute Gasteiger partial charge is 0.267 e. The molecule has 0 aliphatic carbocycles. The van der Waals surface area contributed by atoms with Crippen LogP contribution in [0.15, 0.2) is 42.5 Å². The van der Waals surface area contributed by atoms with Gasteiger partial charge in [0.1, 0.15) is 5.75 Å². The quantitative estimate of drug-likeness (QED) is 0.837. The maximum absolute atomic E-state index is 5.85. The molecule has 19 heavy (non-hydrogen) atoms. The van der Waals surface area contributed by atoms with E-state index < -0.39 is 0 Å². The van der Waals surface area contributed by atoms with Gasteiger partial charge in [-0.1, -0.05) is 13.0 Å². The van der Waals surface area contributed by atoms with Crippen LogP contribution < -0.4 is 14.2 Å². The van der Waals surface area contributed by atoms with E-state index in [1.807, 2.05) is 36.4 Å². The van der Waals surface area contributed by atoms with Gasteiger partial charge in [0.15, 0.2) is 11.5 Å². The van der Waals surface area contributed by atoms with Crippen molar-refractivity contribution in [2.24, 2.45) is 0 Å². The van der Waals surface area contributed by atoms with Crippen molar-refractivity contribution in [3.8, 4) is 17.2 Å². The number of rotatable bonds is 3. The highest BCUT2D eigenvalue weighted by molar-refractivity contribution is 5.46. The molecule has 1 atom stereocenters. The first-order valence-electron chi connectivity index (χ1n) is 6.40. The summed E-state index contributed by atoms with van der Waals surface area (Å²) in [4.78, 5) is 0. The summed E-state index contributed by atoms with van der Waals surface area (Å²) in [6.07, 6.45) is 0.622. The van der Waals surface area contributed by atoms with E-state index in [0.717, 1.165) is 29.2 Å². The molecular weight excluding hydrogens is 240 g/mol. The number of benzene rings is 2. The first-order chi connectivity index (χ1) is 9.30. The lowest BCUT2D eigenvalue weighted by Gasteiger charge is -2.10. The summed E-state index contributed by atoms with van der Waals surface area (Å²) in [6.45, 7) is 2.12. The summed E-state index contributed by atoms with van der Waals surface area (Å²) < 4.78 is 16.8. The van der Waals surface area contributed by atoms with Crippen molar-refractivity contribution in [1.29, 1.82) is 0 Å². The van der Waals surface area contributed by atoms with E-state index in [2.05, 4.69) is 13.0 Å². The van der Waals surface area contributed by atoms with Gasteiger partial charge in [0.25, 0.3) is 6.29 Å². The Morgan fingerprint density at radius 1 is 1.00 bits per heavy atom. The van der Waals surface area contributed by atoms with Gasteiger partial charge in [-0.05, 0) is 48.4 Å². The Hall–Kier alpha value is -2.16. The van der Waals surface area contributed by atoms with Gasteiger partial charge in [-0.2, -0.15) is 0 Å². The van der Waals surface area contributed by atoms with Crippen molar-refractivity contribution in [2.75, 3.05) is 7.11 Å². The molecule has 1 heterocycles. The number of aryl methyl sites for hydroxylation is 1. The highest BCUT2D eigenvalue weighted by atomic mass is 16.7. The molecule has 1 aliphatic heterocycles. The second kappa shape index (κ2) is 4.84. The Balaban J connectivity index is 1.82. The first kappa shape index (κ1) is 11.9. The lowest BCUT2D eigenvalue weighted by molar-refractivity contribution is 0.0487. The van der Waals surface area contributed by atoms with Gasteiger partial charge in [0.2, 0.25) is 0 Å². The average molecular weight is 256 g/mol. The van der Waals surface area contributed by atoms with Crippen molar-refractivity contribution in [2.45, 2.75) is 19.6 Å². The molecule has 0 amide bonds. The Labute approximate surface area is 112 Å². The van der Waals surface area contributed by atoms with Crippen molar-refractivity contribution >= 4 is 0 Å². The van der Waals surface area contributed by atoms with Crippen LogP contribution in [0.5, 0.6) is 17.2 Å². The first-order valence-corrected chi connectivity index (χ1v) is 6.40. The molecular formula is C16H16O3. The standard InChI is InChI=1S/C16H16O3/c1-3-11-4-9-14-15(10-11)19-16(18-14)12-5-7-13(17-2)8-6-12/h4-10,16H,3H2,1-2H3. The Kier molecular flexibility index (Phi) is 3.03. The molecule has 0 fully saturated rings. The largest absolute Gasteiger partial charge is 0.497 e. The van der Waals surface area contributed by atoms with Crippen LogP contribution >= 0.6 is 0 Å². The summed E-state index contributed by atoms with van der Waals surface area (Å²) in [5, 5.41) is 0. The Morgan fingerprint density at radius 2 is 1.74 bits per heavy atom. The maximum atomic E-state index is 5.85. The van der Waals surface area contributed by atoms with Gasteiger partial charge in [-0.15, -0.1) is 0 Å². The van der Waals surface area contributed by atoms with Crippen LogP contribution in [0, 0.1) is 0 Å². The minimum absolute atomic E-state index is 0.368. The molecule has 0 spiro atoms. The third-order valence-electron chi connectivity index (χ3n) is 3.27. The number of fused-ring (bicyclic) bond motifs is 1. The lowest BCUT2D eigenvalue weighted by atomic mass is 10.1. The monoisotopic (exact) mass is 256 g/mol. The topological polar surface area (TPSA) is 27.7 Å². The minimum atomic E-state index is -0.368. The van der Waals surface area contributed by atoms with Crippen LogP contribution in [-0.2, 0) is 6.42 Å². The third-order valence-corrected chi connectivity index (χ3v) is 3.27. The molecule has 0 saturated heterocycles. The van der Waals surface area contributed by atoms with E-state index in [1.54, 1.807) is 7.11 Å². The molecule has 0 aromatic heterocycles. The number of hydrogen-bond acceptors (Lipinski definition) is 3. The highest BCUT2D eigenvalue weighted by Crippen LogP contribution is 2.41. The summed E-state index contributed by atoms with van der Waals surface area (Å²) in [6, 6.07) is 13.8. The van der Waals surface area contributed by atoms with Crippen LogP contribution in [0.3, 0.4) is 0 Å². The van der Waals surface area contributed by atoms with E-state index in [0.29, 0.717) is 0 Å². The van der Waals surface area contributed by atoms with Crippen molar-refractivity contribution < 1.29 is 14.2 Å². The third kappa shape index (κ3) is 2.24. The van der Waals surface area contributed by atoms with Crippen LogP contribution in [0.1, 0.15) is 24.3 Å². The van der Waals surface area contributed by atoms with Crippen molar-refractivity contribution in [1.82, 2.24) is 0 Å². The van der Waals surface area contributed by atoms with Crippen LogP contribution in [0.2, 0.25) is 0 Å². The highest BCUT2D eigenvalue weighted by Gasteiger charge is 2.25. The molecule has 0 saturated carbocycles. The SMILES string of the molecule is CCc1ccc2c(c1)OC(c1ccc(OC)cc1)O2. The fraction of sp³-hybridized carbons (Fsp3) is 0.250.